The van der Waals surface area contributed by atoms with E-state index in [2.05, 4.69) is 24.9 Å². The Balaban J connectivity index is 2.16. The second-order valence-corrected chi connectivity index (χ2v) is 6.18. The van der Waals surface area contributed by atoms with Gasteiger partial charge in [-0.25, -0.2) is 0 Å². The number of nitrogens with zero attached hydrogens (tertiary/aromatic N) is 1. The SMILES string of the molecule is Cc1cc(C(O)c2cccc3cnccc23)c(C)s1. The van der Waals surface area contributed by atoms with Crippen molar-refractivity contribution in [3.05, 3.63) is 63.6 Å². The van der Waals surface area contributed by atoms with Gasteiger partial charge >= 0.3 is 0 Å². The van der Waals surface area contributed by atoms with Crippen LogP contribution >= 0.6 is 11.3 Å². The molecule has 2 heterocycles. The molecule has 0 radical (unpaired) electrons. The number of hydrogen-bond donors (Lipinski definition) is 1. The van der Waals surface area contributed by atoms with Crippen molar-refractivity contribution in [3.63, 3.8) is 0 Å². The van der Waals surface area contributed by atoms with Gasteiger partial charge in [0.05, 0.1) is 0 Å². The fourth-order valence-corrected chi connectivity index (χ4v) is 3.43. The third-order valence-electron chi connectivity index (χ3n) is 3.38. The van der Waals surface area contributed by atoms with Crippen LogP contribution in [0.4, 0.5) is 0 Å². The molecule has 3 rings (SSSR count). The van der Waals surface area contributed by atoms with Crippen molar-refractivity contribution in [2.45, 2.75) is 20.0 Å². The molecule has 0 aliphatic rings. The Morgan fingerprint density at radius 2 is 2.00 bits per heavy atom. The third kappa shape index (κ3) is 2.15. The van der Waals surface area contributed by atoms with Gasteiger partial charge in [-0.15, -0.1) is 11.3 Å². The monoisotopic (exact) mass is 269 g/mol. The van der Waals surface area contributed by atoms with Gasteiger partial charge in [-0.05, 0) is 42.5 Å². The molecular formula is C16H15NOS. The molecule has 0 saturated carbocycles. The molecule has 0 saturated heterocycles. The molecule has 19 heavy (non-hydrogen) atoms. The normalized spacial score (nSPS) is 12.8. The first-order chi connectivity index (χ1) is 9.16. The summed E-state index contributed by atoms with van der Waals surface area (Å²) in [6.07, 6.45) is 3.03. The summed E-state index contributed by atoms with van der Waals surface area (Å²) in [5, 5.41) is 12.8. The number of fused-ring (bicyclic) bond motifs is 1. The first kappa shape index (κ1) is 12.3. The van der Waals surface area contributed by atoms with E-state index in [-0.39, 0.29) is 0 Å². The Kier molecular flexibility index (Phi) is 3.09. The van der Waals surface area contributed by atoms with Gasteiger partial charge in [-0.3, -0.25) is 4.98 Å². The first-order valence-electron chi connectivity index (χ1n) is 6.24. The fraction of sp³-hybridized carbons (Fsp3) is 0.188. The van der Waals surface area contributed by atoms with Crippen LogP contribution in [0.25, 0.3) is 10.8 Å². The molecule has 1 N–H and O–H groups in total. The molecule has 3 heteroatoms. The Morgan fingerprint density at radius 1 is 1.16 bits per heavy atom. The summed E-state index contributed by atoms with van der Waals surface area (Å²) in [4.78, 5) is 6.54. The van der Waals surface area contributed by atoms with Gasteiger partial charge in [0.15, 0.2) is 0 Å². The average Bonchev–Trinajstić information content (AvgIpc) is 2.76. The summed E-state index contributed by atoms with van der Waals surface area (Å²) in [5.41, 5.74) is 1.95. The number of benzene rings is 1. The van der Waals surface area contributed by atoms with Crippen LogP contribution in [0.5, 0.6) is 0 Å². The molecule has 0 amide bonds. The van der Waals surface area contributed by atoms with Crippen molar-refractivity contribution in [2.24, 2.45) is 0 Å². The maximum absolute atomic E-state index is 10.7. The number of aliphatic hydroxyl groups is 1. The molecule has 1 unspecified atom stereocenters. The number of pyridine rings is 1. The summed E-state index contributed by atoms with van der Waals surface area (Å²) in [5.74, 6) is 0. The molecule has 0 fully saturated rings. The third-order valence-corrected chi connectivity index (χ3v) is 4.36. The predicted molar refractivity (Wildman–Crippen MR) is 79.6 cm³/mol. The first-order valence-corrected chi connectivity index (χ1v) is 7.06. The van der Waals surface area contributed by atoms with Crippen LogP contribution in [0.1, 0.15) is 27.0 Å². The van der Waals surface area contributed by atoms with E-state index in [1.165, 1.54) is 9.75 Å². The van der Waals surface area contributed by atoms with E-state index in [0.717, 1.165) is 21.9 Å². The molecule has 0 spiro atoms. The number of rotatable bonds is 2. The van der Waals surface area contributed by atoms with Gasteiger partial charge < -0.3 is 5.11 Å². The molecule has 1 atom stereocenters. The minimum atomic E-state index is -0.573. The summed E-state index contributed by atoms with van der Waals surface area (Å²) in [6.45, 7) is 4.13. The zero-order chi connectivity index (χ0) is 13.4. The van der Waals surface area contributed by atoms with Gasteiger partial charge in [0.2, 0.25) is 0 Å². The lowest BCUT2D eigenvalue weighted by atomic mass is 9.97. The second kappa shape index (κ2) is 4.76. The highest BCUT2D eigenvalue weighted by Crippen LogP contribution is 2.33. The summed E-state index contributed by atoms with van der Waals surface area (Å²) >= 11 is 1.73. The van der Waals surface area contributed by atoms with E-state index in [0.29, 0.717) is 0 Å². The molecular weight excluding hydrogens is 254 g/mol. The lowest BCUT2D eigenvalue weighted by Crippen LogP contribution is -2.00. The second-order valence-electron chi connectivity index (χ2n) is 4.72. The van der Waals surface area contributed by atoms with Crippen LogP contribution < -0.4 is 0 Å². The van der Waals surface area contributed by atoms with Crippen LogP contribution in [0.15, 0.2) is 42.7 Å². The Hall–Kier alpha value is -1.71. The van der Waals surface area contributed by atoms with E-state index >= 15 is 0 Å². The minimum absolute atomic E-state index is 0.573. The van der Waals surface area contributed by atoms with Crippen molar-refractivity contribution in [3.8, 4) is 0 Å². The van der Waals surface area contributed by atoms with Gasteiger partial charge in [0.25, 0.3) is 0 Å². The highest BCUT2D eigenvalue weighted by molar-refractivity contribution is 7.12. The zero-order valence-electron chi connectivity index (χ0n) is 10.9. The van der Waals surface area contributed by atoms with Crippen molar-refractivity contribution < 1.29 is 5.11 Å². The predicted octanol–water partition coefficient (Wildman–Crippen LogP) is 3.99. The number of hydrogen-bond acceptors (Lipinski definition) is 3. The van der Waals surface area contributed by atoms with Crippen LogP contribution in [0, 0.1) is 13.8 Å². The van der Waals surface area contributed by atoms with E-state index in [1.807, 2.05) is 30.5 Å². The molecule has 0 bridgehead atoms. The van der Waals surface area contributed by atoms with Gasteiger partial charge in [0, 0.05) is 27.5 Å². The van der Waals surface area contributed by atoms with E-state index in [4.69, 9.17) is 0 Å². The van der Waals surface area contributed by atoms with Crippen molar-refractivity contribution >= 4 is 22.1 Å². The smallest absolute Gasteiger partial charge is 0.106 e. The number of thiophene rings is 1. The van der Waals surface area contributed by atoms with Gasteiger partial charge in [-0.2, -0.15) is 0 Å². The van der Waals surface area contributed by atoms with E-state index < -0.39 is 6.10 Å². The molecule has 0 aliphatic carbocycles. The standard InChI is InChI=1S/C16H15NOS/c1-10-8-15(11(2)19-10)16(18)14-5-3-4-12-9-17-7-6-13(12)14/h3-9,16,18H,1-2H3. The van der Waals surface area contributed by atoms with Gasteiger partial charge in [-0.1, -0.05) is 18.2 Å². The Labute approximate surface area is 116 Å². The van der Waals surface area contributed by atoms with Crippen molar-refractivity contribution in [1.82, 2.24) is 4.98 Å². The molecule has 2 nitrogen and oxygen atoms in total. The lowest BCUT2D eigenvalue weighted by molar-refractivity contribution is 0.221. The Bertz CT molecular complexity index is 727. The fourth-order valence-electron chi connectivity index (χ4n) is 2.48. The topological polar surface area (TPSA) is 33.1 Å². The number of aryl methyl sites for hydroxylation is 2. The van der Waals surface area contributed by atoms with Gasteiger partial charge in [0.1, 0.15) is 6.10 Å². The Morgan fingerprint density at radius 3 is 2.74 bits per heavy atom. The largest absolute Gasteiger partial charge is 0.384 e. The maximum atomic E-state index is 10.7. The van der Waals surface area contributed by atoms with E-state index in [9.17, 15) is 5.11 Å². The summed E-state index contributed by atoms with van der Waals surface area (Å²) in [6, 6.07) is 10.0. The average molecular weight is 269 g/mol. The molecule has 2 aromatic heterocycles. The van der Waals surface area contributed by atoms with Crippen LogP contribution in [0.2, 0.25) is 0 Å². The minimum Gasteiger partial charge on any atom is -0.384 e. The number of aromatic nitrogens is 1. The van der Waals surface area contributed by atoms with Crippen molar-refractivity contribution in [1.29, 1.82) is 0 Å². The zero-order valence-corrected chi connectivity index (χ0v) is 11.7. The molecule has 3 aromatic rings. The molecule has 1 aromatic carbocycles. The molecule has 0 aliphatic heterocycles. The van der Waals surface area contributed by atoms with Crippen LogP contribution in [0.3, 0.4) is 0 Å². The molecule has 96 valence electrons. The maximum Gasteiger partial charge on any atom is 0.106 e. The van der Waals surface area contributed by atoms with Crippen LogP contribution in [-0.4, -0.2) is 10.1 Å². The van der Waals surface area contributed by atoms with E-state index in [1.54, 1.807) is 17.5 Å². The number of aliphatic hydroxyl groups excluding tert-OH is 1. The highest BCUT2D eigenvalue weighted by atomic mass is 32.1. The highest BCUT2D eigenvalue weighted by Gasteiger charge is 2.17. The summed E-state index contributed by atoms with van der Waals surface area (Å²) in [7, 11) is 0. The summed E-state index contributed by atoms with van der Waals surface area (Å²) < 4.78 is 0. The van der Waals surface area contributed by atoms with Crippen molar-refractivity contribution in [2.75, 3.05) is 0 Å². The van der Waals surface area contributed by atoms with Crippen LogP contribution in [-0.2, 0) is 0 Å². The lowest BCUT2D eigenvalue weighted by Gasteiger charge is -2.13. The quantitative estimate of drug-likeness (QED) is 0.763.